The molecule has 0 aromatic heterocycles. The monoisotopic (exact) mass is 320 g/mol. The molecule has 6 heteroatoms. The summed E-state index contributed by atoms with van der Waals surface area (Å²) in [6.07, 6.45) is 7.44. The molecule has 2 unspecified atom stereocenters. The molecular formula is C14H28N2O2S2. The minimum Gasteiger partial charge on any atom is -0.314 e. The second-order valence-corrected chi connectivity index (χ2v) is 9.41. The molecule has 0 heterocycles. The number of rotatable bonds is 10. The summed E-state index contributed by atoms with van der Waals surface area (Å²) in [5.41, 5.74) is 0. The predicted molar refractivity (Wildman–Crippen MR) is 86.7 cm³/mol. The molecule has 2 rings (SSSR count). The van der Waals surface area contributed by atoms with Gasteiger partial charge in [-0.25, -0.2) is 13.1 Å². The predicted octanol–water partition coefficient (Wildman–Crippen LogP) is 2.11. The summed E-state index contributed by atoms with van der Waals surface area (Å²) in [5.74, 6) is 1.40. The molecule has 118 valence electrons. The van der Waals surface area contributed by atoms with Crippen LogP contribution < -0.4 is 10.0 Å². The van der Waals surface area contributed by atoms with Crippen LogP contribution in [-0.4, -0.2) is 43.8 Å². The van der Waals surface area contributed by atoms with Crippen molar-refractivity contribution in [3.05, 3.63) is 0 Å². The smallest absolute Gasteiger partial charge is 0.211 e. The fraction of sp³-hybridized carbons (Fsp3) is 1.00. The molecule has 0 aliphatic heterocycles. The van der Waals surface area contributed by atoms with Crippen molar-refractivity contribution >= 4 is 21.8 Å². The number of sulfonamides is 1. The van der Waals surface area contributed by atoms with Crippen LogP contribution >= 0.6 is 11.8 Å². The topological polar surface area (TPSA) is 58.2 Å². The van der Waals surface area contributed by atoms with Gasteiger partial charge in [0.15, 0.2) is 0 Å². The molecule has 0 bridgehead atoms. The van der Waals surface area contributed by atoms with Crippen molar-refractivity contribution < 1.29 is 8.42 Å². The van der Waals surface area contributed by atoms with E-state index in [-0.39, 0.29) is 11.8 Å². The highest BCUT2D eigenvalue weighted by atomic mass is 32.2. The van der Waals surface area contributed by atoms with Crippen LogP contribution in [0.2, 0.25) is 0 Å². The Kier molecular flexibility index (Phi) is 6.65. The SMILES string of the molecule is CCSC1CCC(NS(=O)(=O)CCCCNC2CC2)C1. The number of hydrogen-bond donors (Lipinski definition) is 2. The van der Waals surface area contributed by atoms with Crippen molar-refractivity contribution in [1.82, 2.24) is 10.0 Å². The lowest BCUT2D eigenvalue weighted by molar-refractivity contribution is 0.547. The molecule has 0 amide bonds. The zero-order valence-corrected chi connectivity index (χ0v) is 14.1. The van der Waals surface area contributed by atoms with Crippen LogP contribution in [-0.2, 0) is 10.0 Å². The van der Waals surface area contributed by atoms with Gasteiger partial charge >= 0.3 is 0 Å². The summed E-state index contributed by atoms with van der Waals surface area (Å²) in [6.45, 7) is 3.12. The lowest BCUT2D eigenvalue weighted by Crippen LogP contribution is -2.35. The fourth-order valence-corrected chi connectivity index (χ4v) is 5.32. The molecule has 0 saturated heterocycles. The largest absolute Gasteiger partial charge is 0.314 e. The summed E-state index contributed by atoms with van der Waals surface area (Å²) in [7, 11) is -3.08. The van der Waals surface area contributed by atoms with Gasteiger partial charge in [0, 0.05) is 17.3 Å². The van der Waals surface area contributed by atoms with Gasteiger partial charge in [-0.1, -0.05) is 6.92 Å². The van der Waals surface area contributed by atoms with Crippen LogP contribution in [0.15, 0.2) is 0 Å². The first-order valence-electron chi connectivity index (χ1n) is 7.94. The molecule has 0 aromatic rings. The summed E-state index contributed by atoms with van der Waals surface area (Å²) in [5, 5.41) is 4.07. The van der Waals surface area contributed by atoms with Crippen molar-refractivity contribution in [2.75, 3.05) is 18.1 Å². The average Bonchev–Trinajstić information content (AvgIpc) is 3.10. The molecule has 2 fully saturated rings. The standard InChI is InChI=1S/C14H28N2O2S2/c1-2-19-14-8-7-13(11-14)16-20(17,18)10-4-3-9-15-12-5-6-12/h12-16H,2-11H2,1H3. The Bertz CT molecular complexity index is 383. The zero-order valence-electron chi connectivity index (χ0n) is 12.4. The maximum absolute atomic E-state index is 12.0. The highest BCUT2D eigenvalue weighted by molar-refractivity contribution is 7.99. The van der Waals surface area contributed by atoms with E-state index in [4.69, 9.17) is 0 Å². The molecule has 2 atom stereocenters. The Morgan fingerprint density at radius 1 is 1.10 bits per heavy atom. The third-order valence-electron chi connectivity index (χ3n) is 3.98. The van der Waals surface area contributed by atoms with Gasteiger partial charge in [-0.05, 0) is 57.2 Å². The highest BCUT2D eigenvalue weighted by Crippen LogP contribution is 2.30. The van der Waals surface area contributed by atoms with E-state index in [9.17, 15) is 8.42 Å². The van der Waals surface area contributed by atoms with Gasteiger partial charge in [-0.3, -0.25) is 0 Å². The van der Waals surface area contributed by atoms with Crippen molar-refractivity contribution in [2.24, 2.45) is 0 Å². The van der Waals surface area contributed by atoms with Gasteiger partial charge in [0.2, 0.25) is 10.0 Å². The third-order valence-corrected chi connectivity index (χ3v) is 6.73. The Morgan fingerprint density at radius 2 is 1.85 bits per heavy atom. The lowest BCUT2D eigenvalue weighted by atomic mass is 10.3. The average molecular weight is 321 g/mol. The van der Waals surface area contributed by atoms with E-state index in [1.807, 2.05) is 11.8 Å². The molecule has 0 spiro atoms. The number of nitrogens with one attached hydrogen (secondary N) is 2. The summed E-state index contributed by atoms with van der Waals surface area (Å²) >= 11 is 1.96. The van der Waals surface area contributed by atoms with Crippen molar-refractivity contribution in [3.8, 4) is 0 Å². The van der Waals surface area contributed by atoms with Crippen LogP contribution in [0.4, 0.5) is 0 Å². The van der Waals surface area contributed by atoms with E-state index >= 15 is 0 Å². The molecule has 2 aliphatic rings. The van der Waals surface area contributed by atoms with Crippen LogP contribution in [0.25, 0.3) is 0 Å². The number of thioether (sulfide) groups is 1. The summed E-state index contributed by atoms with van der Waals surface area (Å²) < 4.78 is 26.9. The maximum Gasteiger partial charge on any atom is 0.211 e. The van der Waals surface area contributed by atoms with Gasteiger partial charge in [0.05, 0.1) is 5.75 Å². The van der Waals surface area contributed by atoms with Gasteiger partial charge in [-0.15, -0.1) is 0 Å². The third kappa shape index (κ3) is 6.33. The van der Waals surface area contributed by atoms with Crippen LogP contribution in [0.5, 0.6) is 0 Å². The second-order valence-electron chi connectivity index (χ2n) is 5.96. The number of hydrogen-bond acceptors (Lipinski definition) is 4. The molecule has 0 aromatic carbocycles. The first kappa shape index (κ1) is 16.6. The Hall–Kier alpha value is 0.220. The van der Waals surface area contributed by atoms with Crippen LogP contribution in [0.1, 0.15) is 51.9 Å². The molecular weight excluding hydrogens is 292 g/mol. The van der Waals surface area contributed by atoms with E-state index in [0.717, 1.165) is 50.4 Å². The van der Waals surface area contributed by atoms with Crippen molar-refractivity contribution in [3.63, 3.8) is 0 Å². The Labute approximate surface area is 127 Å². The van der Waals surface area contributed by atoms with Gasteiger partial charge < -0.3 is 5.32 Å². The Morgan fingerprint density at radius 3 is 2.55 bits per heavy atom. The van der Waals surface area contributed by atoms with E-state index in [0.29, 0.717) is 5.25 Å². The summed E-state index contributed by atoms with van der Waals surface area (Å²) in [4.78, 5) is 0. The van der Waals surface area contributed by atoms with E-state index in [1.165, 1.54) is 12.8 Å². The first-order valence-corrected chi connectivity index (χ1v) is 10.6. The minimum atomic E-state index is -3.08. The molecule has 0 radical (unpaired) electrons. The van der Waals surface area contributed by atoms with Gasteiger partial charge in [0.1, 0.15) is 0 Å². The van der Waals surface area contributed by atoms with Crippen LogP contribution in [0, 0.1) is 0 Å². The molecule has 2 N–H and O–H groups in total. The molecule has 2 aliphatic carbocycles. The molecule has 4 nitrogen and oxygen atoms in total. The normalized spacial score (nSPS) is 27.1. The summed E-state index contributed by atoms with van der Waals surface area (Å²) in [6, 6.07) is 0.893. The van der Waals surface area contributed by atoms with Crippen molar-refractivity contribution in [2.45, 2.75) is 69.2 Å². The fourth-order valence-electron chi connectivity index (χ4n) is 2.76. The lowest BCUT2D eigenvalue weighted by Gasteiger charge is -2.13. The minimum absolute atomic E-state index is 0.175. The number of unbranched alkanes of at least 4 members (excludes halogenated alkanes) is 1. The quantitative estimate of drug-likeness (QED) is 0.605. The van der Waals surface area contributed by atoms with E-state index in [2.05, 4.69) is 17.0 Å². The van der Waals surface area contributed by atoms with Gasteiger partial charge in [-0.2, -0.15) is 11.8 Å². The first-order chi connectivity index (χ1) is 9.59. The molecule has 2 saturated carbocycles. The molecule has 20 heavy (non-hydrogen) atoms. The van der Waals surface area contributed by atoms with E-state index in [1.54, 1.807) is 0 Å². The van der Waals surface area contributed by atoms with Crippen molar-refractivity contribution in [1.29, 1.82) is 0 Å². The highest BCUT2D eigenvalue weighted by Gasteiger charge is 2.27. The Balaban J connectivity index is 1.58. The zero-order chi connectivity index (χ0) is 14.4. The second kappa shape index (κ2) is 8.01. The maximum atomic E-state index is 12.0. The van der Waals surface area contributed by atoms with E-state index < -0.39 is 10.0 Å². The van der Waals surface area contributed by atoms with Crippen LogP contribution in [0.3, 0.4) is 0 Å². The van der Waals surface area contributed by atoms with Gasteiger partial charge in [0.25, 0.3) is 0 Å².